The minimum absolute atomic E-state index is 0.171. The van der Waals surface area contributed by atoms with Crippen LogP contribution < -0.4 is 5.32 Å². The number of hydrogen-bond acceptors (Lipinski definition) is 3. The standard InChI is InChI=1S/C11H13FN2OS/c1-2-5-14-10(15)8-6-7(12)3-4-9(8)13-11(14)16/h3-4,6,11,13,16H,2,5H2,1H3. The lowest BCUT2D eigenvalue weighted by atomic mass is 10.1. The zero-order valence-electron chi connectivity index (χ0n) is 8.90. The Kier molecular flexibility index (Phi) is 3.05. The maximum atomic E-state index is 13.1. The molecule has 1 heterocycles. The van der Waals surface area contributed by atoms with E-state index >= 15 is 0 Å². The van der Waals surface area contributed by atoms with Gasteiger partial charge in [0.1, 0.15) is 11.3 Å². The quantitative estimate of drug-likeness (QED) is 0.778. The van der Waals surface area contributed by atoms with E-state index in [1.54, 1.807) is 11.0 Å². The maximum Gasteiger partial charge on any atom is 0.258 e. The van der Waals surface area contributed by atoms with Gasteiger partial charge in [-0.05, 0) is 24.6 Å². The Labute approximate surface area is 99.0 Å². The van der Waals surface area contributed by atoms with Crippen LogP contribution in [0.2, 0.25) is 0 Å². The third kappa shape index (κ3) is 1.87. The SMILES string of the molecule is CCCN1C(=O)c2cc(F)ccc2NC1S. The predicted molar refractivity (Wildman–Crippen MR) is 64.1 cm³/mol. The summed E-state index contributed by atoms with van der Waals surface area (Å²) in [4.78, 5) is 13.6. The Balaban J connectivity index is 2.38. The number of carbonyl (C=O) groups excluding carboxylic acids is 1. The largest absolute Gasteiger partial charge is 0.356 e. The average Bonchev–Trinajstić information content (AvgIpc) is 2.26. The number of anilines is 1. The number of rotatable bonds is 2. The van der Waals surface area contributed by atoms with E-state index in [4.69, 9.17) is 0 Å². The fraction of sp³-hybridized carbons (Fsp3) is 0.364. The van der Waals surface area contributed by atoms with E-state index in [0.29, 0.717) is 17.8 Å². The van der Waals surface area contributed by atoms with E-state index in [0.717, 1.165) is 6.42 Å². The summed E-state index contributed by atoms with van der Waals surface area (Å²) < 4.78 is 13.1. The van der Waals surface area contributed by atoms with Crippen LogP contribution in [0.1, 0.15) is 23.7 Å². The fourth-order valence-corrected chi connectivity index (χ4v) is 2.13. The van der Waals surface area contributed by atoms with Gasteiger partial charge in [0.05, 0.1) is 5.56 Å². The number of nitrogens with one attached hydrogen (secondary N) is 1. The molecule has 3 nitrogen and oxygen atoms in total. The molecular formula is C11H13FN2OS. The van der Waals surface area contributed by atoms with Gasteiger partial charge in [0.25, 0.3) is 5.91 Å². The van der Waals surface area contributed by atoms with Crippen LogP contribution in [0.15, 0.2) is 18.2 Å². The molecule has 16 heavy (non-hydrogen) atoms. The van der Waals surface area contributed by atoms with Gasteiger partial charge >= 0.3 is 0 Å². The first-order valence-corrected chi connectivity index (χ1v) is 5.70. The summed E-state index contributed by atoms with van der Waals surface area (Å²) in [6.45, 7) is 2.59. The molecule has 1 atom stereocenters. The molecule has 1 aromatic carbocycles. The summed E-state index contributed by atoms with van der Waals surface area (Å²) in [6.07, 6.45) is 0.842. The number of fused-ring (bicyclic) bond motifs is 1. The molecule has 0 saturated heterocycles. The summed E-state index contributed by atoms with van der Waals surface area (Å²) in [6, 6.07) is 4.15. The Morgan fingerprint density at radius 3 is 3.00 bits per heavy atom. The van der Waals surface area contributed by atoms with Gasteiger partial charge in [0.15, 0.2) is 0 Å². The lowest BCUT2D eigenvalue weighted by Gasteiger charge is -2.34. The molecule has 1 aliphatic rings. The molecule has 0 aromatic heterocycles. The predicted octanol–water partition coefficient (Wildman–Crippen LogP) is 2.32. The van der Waals surface area contributed by atoms with Crippen LogP contribution in [0.3, 0.4) is 0 Å². The molecule has 1 aromatic rings. The van der Waals surface area contributed by atoms with E-state index in [1.165, 1.54) is 12.1 Å². The third-order valence-electron chi connectivity index (χ3n) is 2.52. The number of hydrogen-bond donors (Lipinski definition) is 2. The van der Waals surface area contributed by atoms with Crippen LogP contribution in [0.4, 0.5) is 10.1 Å². The van der Waals surface area contributed by atoms with Crippen molar-refractivity contribution in [2.45, 2.75) is 18.8 Å². The van der Waals surface area contributed by atoms with Crippen molar-refractivity contribution >= 4 is 24.2 Å². The lowest BCUT2D eigenvalue weighted by molar-refractivity contribution is 0.0741. The number of carbonyl (C=O) groups is 1. The van der Waals surface area contributed by atoms with E-state index in [-0.39, 0.29) is 11.4 Å². The van der Waals surface area contributed by atoms with Crippen LogP contribution in [-0.4, -0.2) is 22.8 Å². The normalized spacial score (nSPS) is 19.3. The molecule has 0 radical (unpaired) electrons. The van der Waals surface area contributed by atoms with Crippen molar-refractivity contribution in [2.24, 2.45) is 0 Å². The van der Waals surface area contributed by atoms with Gasteiger partial charge in [-0.3, -0.25) is 4.79 Å². The highest BCUT2D eigenvalue weighted by molar-refractivity contribution is 7.81. The molecule has 1 aliphatic heterocycles. The number of amides is 1. The molecular weight excluding hydrogens is 227 g/mol. The van der Waals surface area contributed by atoms with Gasteiger partial charge in [-0.15, -0.1) is 12.6 Å². The minimum atomic E-state index is -0.400. The van der Waals surface area contributed by atoms with E-state index in [2.05, 4.69) is 17.9 Å². The first-order chi connectivity index (χ1) is 7.63. The third-order valence-corrected chi connectivity index (χ3v) is 2.93. The second-order valence-electron chi connectivity index (χ2n) is 3.71. The van der Waals surface area contributed by atoms with Crippen molar-refractivity contribution in [3.05, 3.63) is 29.6 Å². The van der Waals surface area contributed by atoms with Crippen LogP contribution in [0.5, 0.6) is 0 Å². The van der Waals surface area contributed by atoms with Gasteiger partial charge in [-0.2, -0.15) is 0 Å². The van der Waals surface area contributed by atoms with Gasteiger partial charge in [-0.1, -0.05) is 6.92 Å². The summed E-state index contributed by atoms with van der Waals surface area (Å²) >= 11 is 4.30. The zero-order chi connectivity index (χ0) is 11.7. The molecule has 0 spiro atoms. The first kappa shape index (κ1) is 11.3. The molecule has 1 unspecified atom stereocenters. The van der Waals surface area contributed by atoms with Crippen molar-refractivity contribution in [2.75, 3.05) is 11.9 Å². The average molecular weight is 240 g/mol. The minimum Gasteiger partial charge on any atom is -0.356 e. The number of benzene rings is 1. The summed E-state index contributed by atoms with van der Waals surface area (Å²) in [5.74, 6) is -0.571. The molecule has 0 bridgehead atoms. The van der Waals surface area contributed by atoms with Crippen molar-refractivity contribution in [3.8, 4) is 0 Å². The second kappa shape index (κ2) is 4.33. The van der Waals surface area contributed by atoms with E-state index < -0.39 is 5.82 Å². The highest BCUT2D eigenvalue weighted by Gasteiger charge is 2.29. The zero-order valence-corrected chi connectivity index (χ0v) is 9.80. The number of nitrogens with zero attached hydrogens (tertiary/aromatic N) is 1. The maximum absolute atomic E-state index is 13.1. The van der Waals surface area contributed by atoms with Gasteiger partial charge in [0.2, 0.25) is 0 Å². The van der Waals surface area contributed by atoms with Crippen LogP contribution in [0, 0.1) is 5.82 Å². The Morgan fingerprint density at radius 2 is 2.31 bits per heavy atom. The Hall–Kier alpha value is -1.23. The molecule has 86 valence electrons. The molecule has 1 N–H and O–H groups in total. The number of halogens is 1. The van der Waals surface area contributed by atoms with E-state index in [1.807, 2.05) is 6.92 Å². The highest BCUT2D eigenvalue weighted by Crippen LogP contribution is 2.27. The van der Waals surface area contributed by atoms with E-state index in [9.17, 15) is 9.18 Å². The lowest BCUT2D eigenvalue weighted by Crippen LogP contribution is -2.46. The van der Waals surface area contributed by atoms with Crippen molar-refractivity contribution in [1.29, 1.82) is 0 Å². The number of thiol groups is 1. The molecule has 0 saturated carbocycles. The molecule has 0 aliphatic carbocycles. The highest BCUT2D eigenvalue weighted by atomic mass is 32.1. The Bertz CT molecular complexity index is 424. The Morgan fingerprint density at radius 1 is 1.56 bits per heavy atom. The summed E-state index contributed by atoms with van der Waals surface area (Å²) in [5.41, 5.74) is 0.669. The van der Waals surface area contributed by atoms with Gasteiger partial charge in [-0.25, -0.2) is 4.39 Å². The second-order valence-corrected chi connectivity index (χ2v) is 4.20. The molecule has 5 heteroatoms. The fourth-order valence-electron chi connectivity index (χ4n) is 1.77. The van der Waals surface area contributed by atoms with Crippen LogP contribution >= 0.6 is 12.6 Å². The van der Waals surface area contributed by atoms with Gasteiger partial charge < -0.3 is 10.2 Å². The van der Waals surface area contributed by atoms with Crippen molar-refractivity contribution in [1.82, 2.24) is 4.90 Å². The summed E-state index contributed by atoms with van der Waals surface area (Å²) in [5, 5.41) is 3.05. The first-order valence-electron chi connectivity index (χ1n) is 5.18. The molecule has 0 fully saturated rings. The van der Waals surface area contributed by atoms with Crippen LogP contribution in [-0.2, 0) is 0 Å². The smallest absolute Gasteiger partial charge is 0.258 e. The van der Waals surface area contributed by atoms with Crippen LogP contribution in [0.25, 0.3) is 0 Å². The monoisotopic (exact) mass is 240 g/mol. The van der Waals surface area contributed by atoms with Crippen molar-refractivity contribution < 1.29 is 9.18 Å². The topological polar surface area (TPSA) is 32.3 Å². The van der Waals surface area contributed by atoms with Gasteiger partial charge in [0, 0.05) is 12.2 Å². The molecule has 1 amide bonds. The molecule has 2 rings (SSSR count). The van der Waals surface area contributed by atoms with Crippen molar-refractivity contribution in [3.63, 3.8) is 0 Å². The summed E-state index contributed by atoms with van der Waals surface area (Å²) in [7, 11) is 0.